The minimum Gasteiger partial charge on any atom is -0.493 e. The number of ether oxygens (including phenoxy) is 3. The van der Waals surface area contributed by atoms with Crippen molar-refractivity contribution >= 4 is 5.91 Å². The lowest BCUT2D eigenvalue weighted by molar-refractivity contribution is 0.0761. The number of amides is 1. The first-order valence-electron chi connectivity index (χ1n) is 8.47. The lowest BCUT2D eigenvalue weighted by Gasteiger charge is -2.23. The van der Waals surface area contributed by atoms with E-state index in [0.29, 0.717) is 42.4 Å². The zero-order valence-corrected chi connectivity index (χ0v) is 15.5. The minimum atomic E-state index is -0.120. The number of hydrogen-bond acceptors (Lipinski definition) is 5. The molecule has 0 aliphatic carbocycles. The summed E-state index contributed by atoms with van der Waals surface area (Å²) in [5.74, 6) is 1.24. The molecule has 0 fully saturated rings. The molecule has 26 heavy (non-hydrogen) atoms. The van der Waals surface area contributed by atoms with E-state index in [-0.39, 0.29) is 5.91 Å². The molecule has 140 valence electrons. The average molecular weight is 358 g/mol. The van der Waals surface area contributed by atoms with Crippen molar-refractivity contribution in [1.29, 1.82) is 0 Å². The first kappa shape index (κ1) is 19.6. The van der Waals surface area contributed by atoms with Gasteiger partial charge in [0.05, 0.1) is 21.3 Å². The third kappa shape index (κ3) is 4.67. The van der Waals surface area contributed by atoms with Gasteiger partial charge < -0.3 is 24.8 Å². The molecule has 0 bridgehead atoms. The number of benzene rings is 2. The summed E-state index contributed by atoms with van der Waals surface area (Å²) in [4.78, 5) is 14.8. The second-order valence-corrected chi connectivity index (χ2v) is 5.73. The SMILES string of the molecule is COc1cc(C(=O)N(CCN)CCc2ccccc2)cc(OC)c1OC. The average Bonchev–Trinajstić information content (AvgIpc) is 2.70. The van der Waals surface area contributed by atoms with E-state index < -0.39 is 0 Å². The summed E-state index contributed by atoms with van der Waals surface area (Å²) >= 11 is 0. The Morgan fingerprint density at radius 2 is 1.58 bits per heavy atom. The van der Waals surface area contributed by atoms with Crippen LogP contribution in [0.2, 0.25) is 0 Å². The van der Waals surface area contributed by atoms with Crippen LogP contribution < -0.4 is 19.9 Å². The molecule has 0 unspecified atom stereocenters. The number of nitrogens with zero attached hydrogens (tertiary/aromatic N) is 1. The number of hydrogen-bond donors (Lipinski definition) is 1. The second kappa shape index (κ2) is 9.68. The molecule has 0 atom stereocenters. The molecular weight excluding hydrogens is 332 g/mol. The first-order chi connectivity index (χ1) is 12.6. The number of methoxy groups -OCH3 is 3. The van der Waals surface area contributed by atoms with E-state index in [9.17, 15) is 4.79 Å². The molecule has 0 spiro atoms. The maximum atomic E-state index is 13.0. The van der Waals surface area contributed by atoms with Crippen LogP contribution in [0.5, 0.6) is 17.2 Å². The highest BCUT2D eigenvalue weighted by Gasteiger charge is 2.20. The Labute approximate surface area is 154 Å². The van der Waals surface area contributed by atoms with Crippen molar-refractivity contribution in [1.82, 2.24) is 4.90 Å². The number of rotatable bonds is 9. The van der Waals surface area contributed by atoms with Crippen LogP contribution in [-0.2, 0) is 6.42 Å². The summed E-state index contributed by atoms with van der Waals surface area (Å²) in [6, 6.07) is 13.4. The summed E-state index contributed by atoms with van der Waals surface area (Å²) < 4.78 is 16.0. The van der Waals surface area contributed by atoms with Crippen molar-refractivity contribution in [3.8, 4) is 17.2 Å². The van der Waals surface area contributed by atoms with Gasteiger partial charge in [0.15, 0.2) is 11.5 Å². The molecule has 0 radical (unpaired) electrons. The van der Waals surface area contributed by atoms with Crippen LogP contribution in [0.4, 0.5) is 0 Å². The second-order valence-electron chi connectivity index (χ2n) is 5.73. The molecule has 0 heterocycles. The maximum Gasteiger partial charge on any atom is 0.254 e. The molecule has 6 heteroatoms. The van der Waals surface area contributed by atoms with Crippen molar-refractivity contribution in [2.24, 2.45) is 5.73 Å². The van der Waals surface area contributed by atoms with Crippen LogP contribution in [-0.4, -0.2) is 51.8 Å². The monoisotopic (exact) mass is 358 g/mol. The summed E-state index contributed by atoms with van der Waals surface area (Å²) in [6.07, 6.45) is 0.761. The van der Waals surface area contributed by atoms with Crippen LogP contribution in [0.1, 0.15) is 15.9 Å². The van der Waals surface area contributed by atoms with Gasteiger partial charge >= 0.3 is 0 Å². The van der Waals surface area contributed by atoms with Gasteiger partial charge in [-0.15, -0.1) is 0 Å². The van der Waals surface area contributed by atoms with E-state index in [4.69, 9.17) is 19.9 Å². The van der Waals surface area contributed by atoms with Crippen LogP contribution in [0.25, 0.3) is 0 Å². The van der Waals surface area contributed by atoms with Gasteiger partial charge in [0, 0.05) is 25.2 Å². The number of carbonyl (C=O) groups is 1. The Morgan fingerprint density at radius 3 is 2.08 bits per heavy atom. The maximum absolute atomic E-state index is 13.0. The van der Waals surface area contributed by atoms with Gasteiger partial charge in [-0.3, -0.25) is 4.79 Å². The van der Waals surface area contributed by atoms with Crippen molar-refractivity contribution in [2.45, 2.75) is 6.42 Å². The quantitative estimate of drug-likeness (QED) is 0.745. The first-order valence-corrected chi connectivity index (χ1v) is 8.47. The molecule has 6 nitrogen and oxygen atoms in total. The Hall–Kier alpha value is -2.73. The van der Waals surface area contributed by atoms with E-state index in [0.717, 1.165) is 6.42 Å². The normalized spacial score (nSPS) is 10.3. The lowest BCUT2D eigenvalue weighted by atomic mass is 10.1. The molecule has 2 aromatic carbocycles. The summed E-state index contributed by atoms with van der Waals surface area (Å²) in [6.45, 7) is 1.45. The number of carbonyl (C=O) groups excluding carboxylic acids is 1. The predicted molar refractivity (Wildman–Crippen MR) is 101 cm³/mol. The zero-order valence-electron chi connectivity index (χ0n) is 15.5. The van der Waals surface area contributed by atoms with E-state index in [1.54, 1.807) is 17.0 Å². The van der Waals surface area contributed by atoms with E-state index in [1.807, 2.05) is 30.3 Å². The summed E-state index contributed by atoms with van der Waals surface area (Å²) in [7, 11) is 4.58. The van der Waals surface area contributed by atoms with Crippen molar-refractivity contribution in [3.63, 3.8) is 0 Å². The molecule has 2 rings (SSSR count). The molecular formula is C20H26N2O4. The standard InChI is InChI=1S/C20H26N2O4/c1-24-17-13-16(14-18(25-2)19(17)26-3)20(23)22(12-10-21)11-9-15-7-5-4-6-8-15/h4-8,13-14H,9-12,21H2,1-3H3. The van der Waals surface area contributed by atoms with Gasteiger partial charge in [-0.25, -0.2) is 0 Å². The van der Waals surface area contributed by atoms with Crippen LogP contribution in [0, 0.1) is 0 Å². The van der Waals surface area contributed by atoms with Crippen LogP contribution >= 0.6 is 0 Å². The molecule has 1 amide bonds. The highest BCUT2D eigenvalue weighted by atomic mass is 16.5. The summed E-state index contributed by atoms with van der Waals surface area (Å²) in [5, 5.41) is 0. The Balaban J connectivity index is 2.24. The fourth-order valence-corrected chi connectivity index (χ4v) is 2.77. The molecule has 0 saturated heterocycles. The third-order valence-electron chi connectivity index (χ3n) is 4.11. The fourth-order valence-electron chi connectivity index (χ4n) is 2.77. The summed E-state index contributed by atoms with van der Waals surface area (Å²) in [5.41, 5.74) is 7.36. The Kier molecular flexibility index (Phi) is 7.29. The zero-order chi connectivity index (χ0) is 18.9. The fraction of sp³-hybridized carbons (Fsp3) is 0.350. The van der Waals surface area contributed by atoms with Crippen molar-refractivity contribution in [2.75, 3.05) is 41.0 Å². The van der Waals surface area contributed by atoms with Crippen LogP contribution in [0.3, 0.4) is 0 Å². The minimum absolute atomic E-state index is 0.120. The molecule has 2 aromatic rings. The molecule has 0 aliphatic heterocycles. The highest BCUT2D eigenvalue weighted by Crippen LogP contribution is 2.38. The Morgan fingerprint density at radius 1 is 0.962 bits per heavy atom. The molecule has 0 saturated carbocycles. The molecule has 2 N–H and O–H groups in total. The van der Waals surface area contributed by atoms with Gasteiger partial charge in [-0.2, -0.15) is 0 Å². The van der Waals surface area contributed by atoms with Gasteiger partial charge in [-0.1, -0.05) is 30.3 Å². The number of nitrogens with two attached hydrogens (primary N) is 1. The smallest absolute Gasteiger partial charge is 0.254 e. The predicted octanol–water partition coefficient (Wildman–Crippen LogP) is 2.36. The van der Waals surface area contributed by atoms with E-state index in [2.05, 4.69) is 0 Å². The van der Waals surface area contributed by atoms with Crippen molar-refractivity contribution in [3.05, 3.63) is 53.6 Å². The van der Waals surface area contributed by atoms with Gasteiger partial charge in [0.2, 0.25) is 5.75 Å². The third-order valence-corrected chi connectivity index (χ3v) is 4.11. The molecule has 0 aromatic heterocycles. The van der Waals surface area contributed by atoms with E-state index in [1.165, 1.54) is 26.9 Å². The van der Waals surface area contributed by atoms with E-state index >= 15 is 0 Å². The largest absolute Gasteiger partial charge is 0.493 e. The van der Waals surface area contributed by atoms with Gasteiger partial charge in [0.1, 0.15) is 0 Å². The highest BCUT2D eigenvalue weighted by molar-refractivity contribution is 5.95. The van der Waals surface area contributed by atoms with Crippen LogP contribution in [0.15, 0.2) is 42.5 Å². The topological polar surface area (TPSA) is 74.0 Å². The lowest BCUT2D eigenvalue weighted by Crippen LogP contribution is -2.37. The van der Waals surface area contributed by atoms with Crippen molar-refractivity contribution < 1.29 is 19.0 Å². The molecule has 0 aliphatic rings. The van der Waals surface area contributed by atoms with Gasteiger partial charge in [0.25, 0.3) is 5.91 Å². The van der Waals surface area contributed by atoms with Gasteiger partial charge in [-0.05, 0) is 24.1 Å². The Bertz CT molecular complexity index is 694.